The van der Waals surface area contributed by atoms with Crippen molar-refractivity contribution in [3.63, 3.8) is 0 Å². The number of aromatic nitrogens is 3. The molecule has 4 heteroatoms. The molecule has 3 nitrogen and oxygen atoms in total. The smallest absolute Gasteiger partial charge is 0.160 e. The Balaban J connectivity index is 1.44. The van der Waals surface area contributed by atoms with E-state index in [2.05, 4.69) is 66.7 Å². The van der Waals surface area contributed by atoms with E-state index in [4.69, 9.17) is 15.0 Å². The summed E-state index contributed by atoms with van der Waals surface area (Å²) in [6.07, 6.45) is 1.85. The summed E-state index contributed by atoms with van der Waals surface area (Å²) in [5.41, 5.74) is 6.75. The molecular weight excluding hydrogens is 470 g/mol. The molecule has 0 saturated heterocycles. The van der Waals surface area contributed by atoms with Crippen molar-refractivity contribution in [1.82, 2.24) is 15.0 Å². The summed E-state index contributed by atoms with van der Waals surface area (Å²) < 4.78 is 2.58. The average Bonchev–Trinajstić information content (AvgIpc) is 3.36. The van der Waals surface area contributed by atoms with E-state index >= 15 is 0 Å². The van der Waals surface area contributed by atoms with Gasteiger partial charge in [-0.3, -0.25) is 4.98 Å². The Kier molecular flexibility index (Phi) is 5.30. The summed E-state index contributed by atoms with van der Waals surface area (Å²) in [7, 11) is 0. The third-order valence-corrected chi connectivity index (χ3v) is 7.71. The molecule has 0 radical (unpaired) electrons. The molecule has 0 aliphatic carbocycles. The van der Waals surface area contributed by atoms with Gasteiger partial charge in [0.25, 0.3) is 0 Å². The predicted molar refractivity (Wildman–Crippen MR) is 154 cm³/mol. The molecule has 0 amide bonds. The van der Waals surface area contributed by atoms with Gasteiger partial charge in [0.1, 0.15) is 0 Å². The van der Waals surface area contributed by atoms with Gasteiger partial charge in [0, 0.05) is 48.6 Å². The molecule has 0 spiro atoms. The molecule has 0 aliphatic rings. The highest BCUT2D eigenvalue weighted by molar-refractivity contribution is 7.25. The first-order chi connectivity index (χ1) is 18.3. The van der Waals surface area contributed by atoms with Crippen LogP contribution in [0.1, 0.15) is 0 Å². The van der Waals surface area contributed by atoms with E-state index < -0.39 is 0 Å². The molecule has 7 aromatic rings. The fourth-order valence-corrected chi connectivity index (χ4v) is 5.86. The van der Waals surface area contributed by atoms with Gasteiger partial charge in [-0.2, -0.15) is 0 Å². The van der Waals surface area contributed by atoms with Crippen molar-refractivity contribution in [3.05, 3.63) is 128 Å². The van der Waals surface area contributed by atoms with E-state index in [1.807, 2.05) is 72.1 Å². The van der Waals surface area contributed by atoms with E-state index in [9.17, 15) is 0 Å². The summed E-state index contributed by atoms with van der Waals surface area (Å²) >= 11 is 1.82. The summed E-state index contributed by atoms with van der Waals surface area (Å²) in [5, 5.41) is 2.54. The maximum atomic E-state index is 5.04. The van der Waals surface area contributed by atoms with Gasteiger partial charge in [-0.1, -0.05) is 84.9 Å². The lowest BCUT2D eigenvalue weighted by atomic mass is 10.00. The third-order valence-electron chi connectivity index (χ3n) is 6.56. The maximum Gasteiger partial charge on any atom is 0.160 e. The first kappa shape index (κ1) is 21.6. The van der Waals surface area contributed by atoms with Crippen molar-refractivity contribution in [2.75, 3.05) is 0 Å². The summed E-state index contributed by atoms with van der Waals surface area (Å²) in [6.45, 7) is 0. The van der Waals surface area contributed by atoms with Crippen LogP contribution in [0.4, 0.5) is 0 Å². The predicted octanol–water partition coefficient (Wildman–Crippen LogP) is 8.91. The van der Waals surface area contributed by atoms with Crippen molar-refractivity contribution in [2.45, 2.75) is 0 Å². The van der Waals surface area contributed by atoms with Crippen molar-refractivity contribution in [3.8, 4) is 45.2 Å². The quantitative estimate of drug-likeness (QED) is 0.247. The van der Waals surface area contributed by atoms with E-state index in [-0.39, 0.29) is 0 Å². The van der Waals surface area contributed by atoms with Crippen LogP contribution in [-0.4, -0.2) is 15.0 Å². The molecule has 7 rings (SSSR count). The second-order valence-corrected chi connectivity index (χ2v) is 9.99. The molecule has 0 N–H and O–H groups in total. The first-order valence-corrected chi connectivity index (χ1v) is 13.0. The Bertz CT molecular complexity index is 1820. The zero-order chi connectivity index (χ0) is 24.6. The van der Waals surface area contributed by atoms with Crippen LogP contribution < -0.4 is 0 Å². The Labute approximate surface area is 218 Å². The Hall–Kier alpha value is -4.67. The number of rotatable bonds is 4. The second-order valence-electron chi connectivity index (χ2n) is 8.90. The molecule has 3 heterocycles. The summed E-state index contributed by atoms with van der Waals surface area (Å²) in [4.78, 5) is 14.8. The highest BCUT2D eigenvalue weighted by Crippen LogP contribution is 2.38. The minimum absolute atomic E-state index is 0.700. The zero-order valence-corrected chi connectivity index (χ0v) is 20.7. The van der Waals surface area contributed by atoms with Gasteiger partial charge in [0.05, 0.1) is 17.1 Å². The first-order valence-electron chi connectivity index (χ1n) is 12.2. The van der Waals surface area contributed by atoms with Crippen LogP contribution in [-0.2, 0) is 0 Å². The number of thiophene rings is 1. The number of nitrogens with zero attached hydrogens (tertiary/aromatic N) is 3. The average molecular weight is 492 g/mol. The molecule has 0 unspecified atom stereocenters. The zero-order valence-electron chi connectivity index (χ0n) is 19.9. The van der Waals surface area contributed by atoms with Gasteiger partial charge in [-0.05, 0) is 36.4 Å². The monoisotopic (exact) mass is 491 g/mol. The van der Waals surface area contributed by atoms with Crippen LogP contribution >= 0.6 is 11.3 Å². The third kappa shape index (κ3) is 3.98. The molecule has 0 saturated carbocycles. The Morgan fingerprint density at radius 2 is 1.19 bits per heavy atom. The van der Waals surface area contributed by atoms with Gasteiger partial charge in [0.2, 0.25) is 0 Å². The maximum absolute atomic E-state index is 5.04. The summed E-state index contributed by atoms with van der Waals surface area (Å²) in [6, 6.07) is 41.8. The molecule has 37 heavy (non-hydrogen) atoms. The SMILES string of the molecule is c1ccc(-c2cc(-c3cccnc3-c3ccc4sc5ccccc5c4c3)nc(-c3ccccc3)n2)cc1. The molecule has 174 valence electrons. The largest absolute Gasteiger partial charge is 0.256 e. The Morgan fingerprint density at radius 1 is 0.486 bits per heavy atom. The minimum Gasteiger partial charge on any atom is -0.256 e. The van der Waals surface area contributed by atoms with E-state index in [1.165, 1.54) is 20.2 Å². The van der Waals surface area contributed by atoms with Crippen molar-refractivity contribution < 1.29 is 0 Å². The lowest BCUT2D eigenvalue weighted by molar-refractivity contribution is 1.18. The van der Waals surface area contributed by atoms with Crippen molar-refractivity contribution in [1.29, 1.82) is 0 Å². The van der Waals surface area contributed by atoms with Gasteiger partial charge in [-0.15, -0.1) is 11.3 Å². The molecule has 0 aliphatic heterocycles. The van der Waals surface area contributed by atoms with Gasteiger partial charge < -0.3 is 0 Å². The van der Waals surface area contributed by atoms with Crippen LogP contribution in [0.5, 0.6) is 0 Å². The Morgan fingerprint density at radius 3 is 2.03 bits per heavy atom. The fourth-order valence-electron chi connectivity index (χ4n) is 4.77. The van der Waals surface area contributed by atoms with Crippen LogP contribution in [0, 0.1) is 0 Å². The molecule has 4 aromatic carbocycles. The normalized spacial score (nSPS) is 11.2. The highest BCUT2D eigenvalue weighted by atomic mass is 32.1. The van der Waals surface area contributed by atoms with E-state index in [0.29, 0.717) is 5.82 Å². The lowest BCUT2D eigenvalue weighted by Crippen LogP contribution is -1.97. The standard InChI is InChI=1S/C33H21N3S/c1-3-10-22(11-4-1)28-21-29(36-33(35-28)23-12-5-2-6-13-23)26-15-9-19-34-32(26)24-17-18-31-27(20-24)25-14-7-8-16-30(25)37-31/h1-21H. The van der Waals surface area contributed by atoms with Crippen molar-refractivity contribution >= 4 is 31.5 Å². The van der Waals surface area contributed by atoms with Crippen LogP contribution in [0.2, 0.25) is 0 Å². The van der Waals surface area contributed by atoms with Gasteiger partial charge in [0.15, 0.2) is 5.82 Å². The number of hydrogen-bond acceptors (Lipinski definition) is 4. The van der Waals surface area contributed by atoms with Crippen molar-refractivity contribution in [2.24, 2.45) is 0 Å². The molecule has 0 atom stereocenters. The lowest BCUT2D eigenvalue weighted by Gasteiger charge is -2.12. The minimum atomic E-state index is 0.700. The summed E-state index contributed by atoms with van der Waals surface area (Å²) in [5.74, 6) is 0.700. The van der Waals surface area contributed by atoms with Gasteiger partial charge in [-0.25, -0.2) is 9.97 Å². The highest BCUT2D eigenvalue weighted by Gasteiger charge is 2.16. The fraction of sp³-hybridized carbons (Fsp3) is 0. The van der Waals surface area contributed by atoms with Gasteiger partial charge >= 0.3 is 0 Å². The van der Waals surface area contributed by atoms with E-state index in [1.54, 1.807) is 0 Å². The number of hydrogen-bond donors (Lipinski definition) is 0. The molecule has 0 fully saturated rings. The second kappa shape index (κ2) is 9.08. The number of fused-ring (bicyclic) bond motifs is 3. The van der Waals surface area contributed by atoms with E-state index in [0.717, 1.165) is 39.3 Å². The number of pyridine rings is 1. The van der Waals surface area contributed by atoms with Crippen LogP contribution in [0.15, 0.2) is 128 Å². The molecule has 3 aromatic heterocycles. The molecular formula is C33H21N3S. The van der Waals surface area contributed by atoms with Crippen LogP contribution in [0.3, 0.4) is 0 Å². The topological polar surface area (TPSA) is 38.7 Å². The number of benzene rings is 4. The van der Waals surface area contributed by atoms with Crippen LogP contribution in [0.25, 0.3) is 65.3 Å². The molecule has 0 bridgehead atoms.